The Morgan fingerprint density at radius 2 is 1.50 bits per heavy atom. The summed E-state index contributed by atoms with van der Waals surface area (Å²) in [5, 5.41) is 0.950. The van der Waals surface area contributed by atoms with Crippen molar-refractivity contribution in [3.05, 3.63) is 28.8 Å². The fourth-order valence-electron chi connectivity index (χ4n) is 1.72. The van der Waals surface area contributed by atoms with E-state index in [1.54, 1.807) is 6.55 Å². The van der Waals surface area contributed by atoms with Crippen LogP contribution in [-0.4, -0.2) is 9.13 Å². The van der Waals surface area contributed by atoms with Crippen LogP contribution in [0.2, 0.25) is 6.55 Å². The largest absolute Gasteiger partial charge is 0.308 e. The quantitative estimate of drug-likeness (QED) is 0.461. The molecule has 0 aliphatic rings. The number of benzene rings is 1. The Bertz CT molecular complexity index is 269. The van der Waals surface area contributed by atoms with Gasteiger partial charge in [0.2, 0.25) is 0 Å². The van der Waals surface area contributed by atoms with Gasteiger partial charge >= 0.3 is 9.13 Å². The minimum Gasteiger partial charge on any atom is -0.308 e. The lowest BCUT2D eigenvalue weighted by Gasteiger charge is -2.09. The van der Waals surface area contributed by atoms with Crippen molar-refractivity contribution in [2.24, 2.45) is 0 Å². The Labute approximate surface area is 75.2 Å². The predicted octanol–water partition coefficient (Wildman–Crippen LogP) is 2.41. The number of halogens is 1. The molecule has 1 rings (SSSR count). The van der Waals surface area contributed by atoms with Crippen molar-refractivity contribution in [2.45, 2.75) is 27.3 Å². The van der Waals surface area contributed by atoms with E-state index in [9.17, 15) is 4.11 Å². The van der Waals surface area contributed by atoms with Crippen molar-refractivity contribution in [1.82, 2.24) is 0 Å². The minimum absolute atomic E-state index is 0.950. The summed E-state index contributed by atoms with van der Waals surface area (Å²) in [6.07, 6.45) is 0. The predicted molar refractivity (Wildman–Crippen MR) is 53.0 cm³/mol. The molecule has 0 nitrogen and oxygen atoms in total. The highest BCUT2D eigenvalue weighted by molar-refractivity contribution is 6.66. The third-order valence-corrected chi connectivity index (χ3v) is 3.50. The van der Waals surface area contributed by atoms with E-state index >= 15 is 0 Å². The van der Waals surface area contributed by atoms with Crippen molar-refractivity contribution in [3.63, 3.8) is 0 Å². The third-order valence-electron chi connectivity index (χ3n) is 2.02. The zero-order valence-corrected chi connectivity index (χ0v) is 9.03. The van der Waals surface area contributed by atoms with Gasteiger partial charge in [0.15, 0.2) is 0 Å². The lowest BCUT2D eigenvalue weighted by Crippen LogP contribution is -2.27. The van der Waals surface area contributed by atoms with Crippen molar-refractivity contribution in [1.29, 1.82) is 0 Å². The van der Waals surface area contributed by atoms with Crippen LogP contribution in [0.1, 0.15) is 16.7 Å². The first kappa shape index (κ1) is 9.45. The summed E-state index contributed by atoms with van der Waals surface area (Å²) >= 11 is 0. The monoisotopic (exact) mass is 181 g/mol. The molecule has 0 atom stereocenters. The zero-order chi connectivity index (χ0) is 9.30. The standard InChI is InChI=1S/C10H14FSi/c1-7-5-8(2)10(12(4)11)9(3)6-7/h5-6H,1-4H3. The molecule has 0 unspecified atom stereocenters. The summed E-state index contributed by atoms with van der Waals surface area (Å²) in [4.78, 5) is 0. The first-order chi connectivity index (χ1) is 5.52. The molecule has 0 aliphatic heterocycles. The second-order valence-corrected chi connectivity index (χ2v) is 4.87. The van der Waals surface area contributed by atoms with Gasteiger partial charge in [-0.1, -0.05) is 17.7 Å². The Morgan fingerprint density at radius 3 is 1.83 bits per heavy atom. The molecule has 0 fully saturated rings. The first-order valence-electron chi connectivity index (χ1n) is 4.09. The summed E-state index contributed by atoms with van der Waals surface area (Å²) in [5.74, 6) is 0. The molecule has 0 saturated heterocycles. The van der Waals surface area contributed by atoms with Gasteiger partial charge in [-0.2, -0.15) is 0 Å². The zero-order valence-electron chi connectivity index (χ0n) is 8.03. The molecule has 1 aromatic rings. The summed E-state index contributed by atoms with van der Waals surface area (Å²) < 4.78 is 13.2. The fraction of sp³-hybridized carbons (Fsp3) is 0.400. The average Bonchev–Trinajstić information content (AvgIpc) is 1.82. The number of aryl methyl sites for hydroxylation is 3. The summed E-state index contributed by atoms with van der Waals surface area (Å²) in [6.45, 7) is 7.71. The van der Waals surface area contributed by atoms with Crippen LogP contribution in [-0.2, 0) is 0 Å². The molecule has 0 aromatic heterocycles. The molecule has 0 bridgehead atoms. The Hall–Kier alpha value is -0.633. The molecule has 0 spiro atoms. The molecular formula is C10H14FSi. The second-order valence-electron chi connectivity index (χ2n) is 3.31. The van der Waals surface area contributed by atoms with Gasteiger partial charge in [-0.15, -0.1) is 0 Å². The molecule has 65 valence electrons. The topological polar surface area (TPSA) is 0 Å². The van der Waals surface area contributed by atoms with Crippen LogP contribution in [0.15, 0.2) is 12.1 Å². The molecule has 12 heavy (non-hydrogen) atoms. The highest BCUT2D eigenvalue weighted by Crippen LogP contribution is 2.07. The van der Waals surface area contributed by atoms with E-state index < -0.39 is 9.13 Å². The molecule has 0 aliphatic carbocycles. The lowest BCUT2D eigenvalue weighted by atomic mass is 10.1. The second kappa shape index (κ2) is 3.40. The molecule has 0 heterocycles. The van der Waals surface area contributed by atoms with Gasteiger partial charge in [-0.3, -0.25) is 0 Å². The van der Waals surface area contributed by atoms with E-state index in [2.05, 4.69) is 12.1 Å². The molecule has 1 radical (unpaired) electrons. The van der Waals surface area contributed by atoms with Crippen molar-refractivity contribution in [3.8, 4) is 0 Å². The van der Waals surface area contributed by atoms with Crippen LogP contribution in [0, 0.1) is 20.8 Å². The van der Waals surface area contributed by atoms with Crippen molar-refractivity contribution in [2.75, 3.05) is 0 Å². The molecule has 2 heteroatoms. The minimum atomic E-state index is -1.79. The van der Waals surface area contributed by atoms with Gasteiger partial charge < -0.3 is 4.11 Å². The number of rotatable bonds is 1. The fourth-order valence-corrected chi connectivity index (χ4v) is 2.95. The average molecular weight is 181 g/mol. The van der Waals surface area contributed by atoms with E-state index in [1.165, 1.54) is 5.56 Å². The van der Waals surface area contributed by atoms with Crippen LogP contribution >= 0.6 is 0 Å². The summed E-state index contributed by atoms with van der Waals surface area (Å²) in [6, 6.07) is 4.10. The first-order valence-corrected chi connectivity index (χ1v) is 5.97. The smallest absolute Gasteiger partial charge is 0.302 e. The molecule has 0 N–H and O–H groups in total. The SMILES string of the molecule is Cc1cc(C)c([Si](C)F)c(C)c1. The van der Waals surface area contributed by atoms with Gasteiger partial charge in [0.25, 0.3) is 0 Å². The van der Waals surface area contributed by atoms with Crippen molar-refractivity contribution < 1.29 is 4.11 Å². The summed E-state index contributed by atoms with van der Waals surface area (Å²) in [7, 11) is -1.79. The third kappa shape index (κ3) is 1.75. The van der Waals surface area contributed by atoms with E-state index in [-0.39, 0.29) is 0 Å². The van der Waals surface area contributed by atoms with Crippen LogP contribution < -0.4 is 5.19 Å². The highest BCUT2D eigenvalue weighted by Gasteiger charge is 2.13. The van der Waals surface area contributed by atoms with E-state index in [0.717, 1.165) is 16.3 Å². The molecule has 0 saturated carbocycles. The van der Waals surface area contributed by atoms with Gasteiger partial charge in [0, 0.05) is 0 Å². The number of hydrogen-bond donors (Lipinski definition) is 0. The van der Waals surface area contributed by atoms with Gasteiger partial charge in [0.1, 0.15) is 0 Å². The van der Waals surface area contributed by atoms with E-state index in [1.807, 2.05) is 20.8 Å². The Balaban J connectivity index is 3.28. The highest BCUT2D eigenvalue weighted by atomic mass is 28.3. The maximum atomic E-state index is 13.2. The van der Waals surface area contributed by atoms with Crippen LogP contribution in [0.25, 0.3) is 0 Å². The Kier molecular flexibility index (Phi) is 2.68. The molecule has 1 aromatic carbocycles. The van der Waals surface area contributed by atoms with Crippen molar-refractivity contribution >= 4 is 14.3 Å². The number of hydrogen-bond acceptors (Lipinski definition) is 0. The molecular weight excluding hydrogens is 167 g/mol. The Morgan fingerprint density at radius 1 is 1.08 bits per heavy atom. The maximum absolute atomic E-state index is 13.2. The van der Waals surface area contributed by atoms with Gasteiger partial charge in [-0.25, -0.2) is 0 Å². The van der Waals surface area contributed by atoms with Gasteiger partial charge in [0.05, 0.1) is 0 Å². The van der Waals surface area contributed by atoms with E-state index in [0.29, 0.717) is 0 Å². The lowest BCUT2D eigenvalue weighted by molar-refractivity contribution is 0.855. The van der Waals surface area contributed by atoms with E-state index in [4.69, 9.17) is 0 Å². The summed E-state index contributed by atoms with van der Waals surface area (Å²) in [5.41, 5.74) is 3.43. The maximum Gasteiger partial charge on any atom is 0.302 e. The normalized spacial score (nSPS) is 10.8. The molecule has 0 amide bonds. The van der Waals surface area contributed by atoms with Gasteiger partial charge in [-0.05, 0) is 43.6 Å². The van der Waals surface area contributed by atoms with Crippen LogP contribution in [0.5, 0.6) is 0 Å². The van der Waals surface area contributed by atoms with Crippen LogP contribution in [0.4, 0.5) is 4.11 Å². The van der Waals surface area contributed by atoms with Crippen LogP contribution in [0.3, 0.4) is 0 Å².